The molecule has 2 heteroatoms. The van der Waals surface area contributed by atoms with Gasteiger partial charge in [0.1, 0.15) is 0 Å². The van der Waals surface area contributed by atoms with Gasteiger partial charge in [-0.1, -0.05) is 32.4 Å². The van der Waals surface area contributed by atoms with Crippen molar-refractivity contribution in [2.45, 2.75) is 52.0 Å². The lowest BCUT2D eigenvalue weighted by atomic mass is 9.89. The van der Waals surface area contributed by atoms with Gasteiger partial charge in [0.25, 0.3) is 0 Å². The van der Waals surface area contributed by atoms with Gasteiger partial charge in [-0.15, -0.1) is 0 Å². The fourth-order valence-electron chi connectivity index (χ4n) is 3.72. The Morgan fingerprint density at radius 3 is 3.00 bits per heavy atom. The maximum absolute atomic E-state index is 3.71. The van der Waals surface area contributed by atoms with E-state index in [0.717, 1.165) is 19.0 Å². The first-order valence-electron chi connectivity index (χ1n) is 8.38. The molecule has 2 nitrogen and oxygen atoms in total. The van der Waals surface area contributed by atoms with Gasteiger partial charge in [0.05, 0.1) is 0 Å². The van der Waals surface area contributed by atoms with Gasteiger partial charge in [-0.2, -0.15) is 0 Å². The summed E-state index contributed by atoms with van der Waals surface area (Å²) in [6, 6.07) is 7.60. The molecule has 0 spiro atoms. The smallest absolute Gasteiger partial charge is 0.0402 e. The van der Waals surface area contributed by atoms with Gasteiger partial charge < -0.3 is 10.2 Å². The zero-order valence-corrected chi connectivity index (χ0v) is 13.0. The van der Waals surface area contributed by atoms with Crippen LogP contribution in [0.3, 0.4) is 0 Å². The molecule has 2 aliphatic rings. The third kappa shape index (κ3) is 2.71. The SMILES string of the molecule is CCC(C)C1CN(c2cccc3c2CCCC3)CCN1. The summed E-state index contributed by atoms with van der Waals surface area (Å²) < 4.78 is 0. The van der Waals surface area contributed by atoms with Crippen molar-refractivity contribution in [2.75, 3.05) is 24.5 Å². The van der Waals surface area contributed by atoms with Crippen LogP contribution >= 0.6 is 0 Å². The zero-order chi connectivity index (χ0) is 13.9. The molecule has 0 amide bonds. The van der Waals surface area contributed by atoms with Crippen molar-refractivity contribution in [2.24, 2.45) is 5.92 Å². The number of hydrogen-bond acceptors (Lipinski definition) is 2. The van der Waals surface area contributed by atoms with E-state index in [1.807, 2.05) is 0 Å². The number of rotatable bonds is 3. The number of aryl methyl sites for hydroxylation is 1. The molecule has 0 bridgehead atoms. The van der Waals surface area contributed by atoms with Gasteiger partial charge in [0, 0.05) is 31.4 Å². The second kappa shape index (κ2) is 6.17. The zero-order valence-electron chi connectivity index (χ0n) is 13.0. The number of hydrogen-bond donors (Lipinski definition) is 1. The van der Waals surface area contributed by atoms with E-state index in [4.69, 9.17) is 0 Å². The molecular formula is C18H28N2. The maximum Gasteiger partial charge on any atom is 0.0402 e. The third-order valence-corrected chi connectivity index (χ3v) is 5.25. The number of piperazine rings is 1. The minimum atomic E-state index is 0.646. The third-order valence-electron chi connectivity index (χ3n) is 5.25. The number of nitrogens with zero attached hydrogens (tertiary/aromatic N) is 1. The summed E-state index contributed by atoms with van der Waals surface area (Å²) in [4.78, 5) is 2.64. The van der Waals surface area contributed by atoms with Gasteiger partial charge >= 0.3 is 0 Å². The molecule has 0 radical (unpaired) electrons. The molecule has 0 aromatic heterocycles. The first-order valence-corrected chi connectivity index (χ1v) is 8.38. The van der Waals surface area contributed by atoms with Crippen LogP contribution in [0.2, 0.25) is 0 Å². The number of nitrogens with one attached hydrogen (secondary N) is 1. The van der Waals surface area contributed by atoms with E-state index < -0.39 is 0 Å². The Bertz CT molecular complexity index is 455. The van der Waals surface area contributed by atoms with E-state index in [0.29, 0.717) is 6.04 Å². The molecule has 1 N–H and O–H groups in total. The van der Waals surface area contributed by atoms with Crippen molar-refractivity contribution < 1.29 is 0 Å². The predicted octanol–water partition coefficient (Wildman–Crippen LogP) is 3.39. The van der Waals surface area contributed by atoms with Crippen molar-refractivity contribution >= 4 is 5.69 Å². The van der Waals surface area contributed by atoms with Crippen LogP contribution in [0.4, 0.5) is 5.69 Å². The highest BCUT2D eigenvalue weighted by molar-refractivity contribution is 5.58. The van der Waals surface area contributed by atoms with Crippen LogP contribution in [0.1, 0.15) is 44.2 Å². The summed E-state index contributed by atoms with van der Waals surface area (Å²) in [7, 11) is 0. The van der Waals surface area contributed by atoms with E-state index in [9.17, 15) is 0 Å². The lowest BCUT2D eigenvalue weighted by molar-refractivity contribution is 0.341. The molecule has 0 saturated carbocycles. The van der Waals surface area contributed by atoms with Crippen LogP contribution in [0.25, 0.3) is 0 Å². The monoisotopic (exact) mass is 272 g/mol. The van der Waals surface area contributed by atoms with Gasteiger partial charge in [-0.05, 0) is 48.8 Å². The second-order valence-electron chi connectivity index (χ2n) is 6.51. The van der Waals surface area contributed by atoms with Crippen molar-refractivity contribution in [3.8, 4) is 0 Å². The van der Waals surface area contributed by atoms with Gasteiger partial charge in [0.15, 0.2) is 0 Å². The molecular weight excluding hydrogens is 244 g/mol. The molecule has 1 aromatic rings. The maximum atomic E-state index is 3.71. The second-order valence-corrected chi connectivity index (χ2v) is 6.51. The van der Waals surface area contributed by atoms with E-state index in [1.54, 1.807) is 11.1 Å². The van der Waals surface area contributed by atoms with Crippen molar-refractivity contribution in [3.05, 3.63) is 29.3 Å². The van der Waals surface area contributed by atoms with E-state index >= 15 is 0 Å². The van der Waals surface area contributed by atoms with Crippen LogP contribution in [0.15, 0.2) is 18.2 Å². The standard InChI is InChI=1S/C18H28N2/c1-3-14(2)17-13-20(12-11-19-17)18-10-6-8-15-7-4-5-9-16(15)18/h6,8,10,14,17,19H,3-5,7,9,11-13H2,1-2H3. The van der Waals surface area contributed by atoms with E-state index in [-0.39, 0.29) is 0 Å². The van der Waals surface area contributed by atoms with Crippen LogP contribution in [-0.4, -0.2) is 25.7 Å². The molecule has 1 aliphatic heterocycles. The molecule has 1 heterocycles. The lowest BCUT2D eigenvalue weighted by Gasteiger charge is -2.39. The quantitative estimate of drug-likeness (QED) is 0.907. The fourth-order valence-corrected chi connectivity index (χ4v) is 3.72. The topological polar surface area (TPSA) is 15.3 Å². The number of fused-ring (bicyclic) bond motifs is 1. The molecule has 3 rings (SSSR count). The molecule has 2 unspecified atom stereocenters. The summed E-state index contributed by atoms with van der Waals surface area (Å²) in [5, 5.41) is 3.71. The normalized spacial score (nSPS) is 24.3. The van der Waals surface area contributed by atoms with Gasteiger partial charge in [-0.3, -0.25) is 0 Å². The first-order chi connectivity index (χ1) is 9.79. The summed E-state index contributed by atoms with van der Waals surface area (Å²) in [6.45, 7) is 8.13. The summed E-state index contributed by atoms with van der Waals surface area (Å²) in [5.74, 6) is 0.761. The molecule has 1 aliphatic carbocycles. The number of anilines is 1. The Hall–Kier alpha value is -1.02. The molecule has 20 heavy (non-hydrogen) atoms. The Morgan fingerprint density at radius 2 is 2.15 bits per heavy atom. The highest BCUT2D eigenvalue weighted by atomic mass is 15.2. The summed E-state index contributed by atoms with van der Waals surface area (Å²) >= 11 is 0. The van der Waals surface area contributed by atoms with Gasteiger partial charge in [0.2, 0.25) is 0 Å². The minimum Gasteiger partial charge on any atom is -0.368 e. The van der Waals surface area contributed by atoms with Crippen molar-refractivity contribution in [1.29, 1.82) is 0 Å². The Labute approximate surface area is 123 Å². The molecule has 1 saturated heterocycles. The van der Waals surface area contributed by atoms with E-state index in [1.165, 1.54) is 44.3 Å². The Balaban J connectivity index is 1.82. The van der Waals surface area contributed by atoms with Crippen LogP contribution < -0.4 is 10.2 Å². The Morgan fingerprint density at radius 1 is 1.30 bits per heavy atom. The number of benzene rings is 1. The average Bonchev–Trinajstić information content (AvgIpc) is 2.53. The van der Waals surface area contributed by atoms with Crippen molar-refractivity contribution in [1.82, 2.24) is 5.32 Å². The van der Waals surface area contributed by atoms with Crippen LogP contribution in [-0.2, 0) is 12.8 Å². The molecule has 1 aromatic carbocycles. The first kappa shape index (κ1) is 13.9. The van der Waals surface area contributed by atoms with Crippen LogP contribution in [0.5, 0.6) is 0 Å². The van der Waals surface area contributed by atoms with E-state index in [2.05, 4.69) is 42.3 Å². The molecule has 110 valence electrons. The fraction of sp³-hybridized carbons (Fsp3) is 0.667. The largest absolute Gasteiger partial charge is 0.368 e. The Kier molecular flexibility index (Phi) is 4.30. The van der Waals surface area contributed by atoms with Crippen LogP contribution in [0, 0.1) is 5.92 Å². The highest BCUT2D eigenvalue weighted by Crippen LogP contribution is 2.31. The molecule has 1 fully saturated rings. The predicted molar refractivity (Wildman–Crippen MR) is 86.5 cm³/mol. The summed E-state index contributed by atoms with van der Waals surface area (Å²) in [5.41, 5.74) is 4.77. The highest BCUT2D eigenvalue weighted by Gasteiger charge is 2.25. The molecule has 2 atom stereocenters. The average molecular weight is 272 g/mol. The van der Waals surface area contributed by atoms with Gasteiger partial charge in [-0.25, -0.2) is 0 Å². The lowest BCUT2D eigenvalue weighted by Crippen LogP contribution is -2.53. The summed E-state index contributed by atoms with van der Waals surface area (Å²) in [6.07, 6.45) is 6.56. The van der Waals surface area contributed by atoms with Crippen molar-refractivity contribution in [3.63, 3.8) is 0 Å². The minimum absolute atomic E-state index is 0.646.